The van der Waals surface area contributed by atoms with Gasteiger partial charge in [0.25, 0.3) is 5.56 Å². The molecule has 0 unspecified atom stereocenters. The van der Waals surface area contributed by atoms with Crippen molar-refractivity contribution in [3.8, 4) is 0 Å². The lowest BCUT2D eigenvalue weighted by molar-refractivity contribution is -0.144. The van der Waals surface area contributed by atoms with E-state index in [1.165, 1.54) is 0 Å². The quantitative estimate of drug-likeness (QED) is 0.862. The smallest absolute Gasteiger partial charge is 0.310 e. The molecule has 0 bridgehead atoms. The van der Waals surface area contributed by atoms with Crippen molar-refractivity contribution in [2.24, 2.45) is 0 Å². The van der Waals surface area contributed by atoms with Crippen molar-refractivity contribution in [2.75, 3.05) is 6.54 Å². The Balaban J connectivity index is 2.00. The molecule has 0 aliphatic rings. The van der Waals surface area contributed by atoms with E-state index in [0.717, 1.165) is 27.6 Å². The Hall–Kier alpha value is -1.60. The number of hydrogen-bond donors (Lipinski definition) is 1. The molecule has 0 aliphatic heterocycles. The van der Waals surface area contributed by atoms with Crippen molar-refractivity contribution < 1.29 is 13.2 Å². The Morgan fingerprint density at radius 3 is 2.65 bits per heavy atom. The molecule has 0 amide bonds. The molecule has 3 nitrogen and oxygen atoms in total. The first kappa shape index (κ1) is 14.8. The van der Waals surface area contributed by atoms with Gasteiger partial charge >= 0.3 is 6.18 Å². The predicted molar refractivity (Wildman–Crippen MR) is 71.7 cm³/mol. The van der Waals surface area contributed by atoms with Crippen molar-refractivity contribution in [3.63, 3.8) is 0 Å². The van der Waals surface area contributed by atoms with Crippen LogP contribution < -0.4 is 10.9 Å². The molecular formula is C13H13F3N2OS. The summed E-state index contributed by atoms with van der Waals surface area (Å²) in [4.78, 5) is 12.6. The van der Waals surface area contributed by atoms with Crippen molar-refractivity contribution in [2.45, 2.75) is 19.3 Å². The molecule has 1 N–H and O–H groups in total. The predicted octanol–water partition coefficient (Wildman–Crippen LogP) is 2.72. The average Bonchev–Trinajstić information content (AvgIpc) is 2.88. The summed E-state index contributed by atoms with van der Waals surface area (Å²) in [7, 11) is 0. The Morgan fingerprint density at radius 2 is 2.00 bits per heavy atom. The molecule has 2 rings (SSSR count). The number of aromatic nitrogens is 1. The maximum absolute atomic E-state index is 12.8. The first-order valence-electron chi connectivity index (χ1n) is 5.98. The first-order chi connectivity index (χ1) is 9.48. The summed E-state index contributed by atoms with van der Waals surface area (Å²) in [5.41, 5.74) is -1.55. The van der Waals surface area contributed by atoms with E-state index >= 15 is 0 Å². The van der Waals surface area contributed by atoms with Gasteiger partial charge in [-0.3, -0.25) is 4.79 Å². The van der Waals surface area contributed by atoms with Gasteiger partial charge < -0.3 is 9.88 Å². The molecular weight excluding hydrogens is 289 g/mol. The Morgan fingerprint density at radius 1 is 1.20 bits per heavy atom. The maximum Gasteiger partial charge on any atom is 0.431 e. The molecule has 2 aromatic heterocycles. The standard InChI is InChI=1S/C13H13F3N2OS/c14-13(15,16)11-4-1-5-12(19)18(11)7-6-17-9-10-3-2-8-20-10/h1-5,8,17H,6-7,9H2. The van der Waals surface area contributed by atoms with Crippen LogP contribution in [0.4, 0.5) is 13.2 Å². The van der Waals surface area contributed by atoms with Gasteiger partial charge in [0.15, 0.2) is 0 Å². The number of nitrogens with zero attached hydrogens (tertiary/aromatic N) is 1. The minimum atomic E-state index is -4.52. The van der Waals surface area contributed by atoms with Crippen LogP contribution >= 0.6 is 11.3 Å². The number of thiophene rings is 1. The molecule has 0 aromatic carbocycles. The van der Waals surface area contributed by atoms with Gasteiger partial charge in [0, 0.05) is 30.6 Å². The highest BCUT2D eigenvalue weighted by Gasteiger charge is 2.33. The molecule has 0 spiro atoms. The number of halogens is 3. The molecule has 7 heteroatoms. The van der Waals surface area contributed by atoms with E-state index in [1.54, 1.807) is 11.3 Å². The Bertz CT molecular complexity index is 605. The third-order valence-electron chi connectivity index (χ3n) is 2.73. The van der Waals surface area contributed by atoms with Gasteiger partial charge in [0.1, 0.15) is 5.69 Å². The second-order valence-corrected chi connectivity index (χ2v) is 5.19. The van der Waals surface area contributed by atoms with Crippen molar-refractivity contribution in [1.29, 1.82) is 0 Å². The summed E-state index contributed by atoms with van der Waals surface area (Å²) >= 11 is 1.57. The number of pyridine rings is 1. The van der Waals surface area contributed by atoms with Gasteiger partial charge in [-0.05, 0) is 17.5 Å². The van der Waals surface area contributed by atoms with E-state index in [9.17, 15) is 18.0 Å². The van der Waals surface area contributed by atoms with E-state index in [4.69, 9.17) is 0 Å². The summed E-state index contributed by atoms with van der Waals surface area (Å²) in [6, 6.07) is 7.02. The van der Waals surface area contributed by atoms with Crippen LogP contribution in [-0.2, 0) is 19.3 Å². The van der Waals surface area contributed by atoms with Crippen molar-refractivity contribution in [3.05, 3.63) is 56.6 Å². The molecule has 0 aliphatic carbocycles. The molecule has 108 valence electrons. The lowest BCUT2D eigenvalue weighted by atomic mass is 10.3. The summed E-state index contributed by atoms with van der Waals surface area (Å²) in [6.07, 6.45) is -4.52. The molecule has 0 fully saturated rings. The van der Waals surface area contributed by atoms with Gasteiger partial charge in [-0.2, -0.15) is 13.2 Å². The van der Waals surface area contributed by atoms with Crippen molar-refractivity contribution in [1.82, 2.24) is 9.88 Å². The maximum atomic E-state index is 12.8. The van der Waals surface area contributed by atoms with Gasteiger partial charge in [0.2, 0.25) is 0 Å². The minimum absolute atomic E-state index is 0.0140. The Labute approximate surface area is 117 Å². The number of alkyl halides is 3. The van der Waals surface area contributed by atoms with E-state index in [-0.39, 0.29) is 6.54 Å². The number of nitrogens with one attached hydrogen (secondary N) is 1. The summed E-state index contributed by atoms with van der Waals surface area (Å²) < 4.78 is 39.1. The van der Waals surface area contributed by atoms with E-state index in [0.29, 0.717) is 13.1 Å². The normalized spacial score (nSPS) is 11.8. The molecule has 2 aromatic rings. The highest BCUT2D eigenvalue weighted by atomic mass is 32.1. The fourth-order valence-corrected chi connectivity index (χ4v) is 2.49. The van der Waals surface area contributed by atoms with Crippen LogP contribution in [0.5, 0.6) is 0 Å². The van der Waals surface area contributed by atoms with Gasteiger partial charge in [0.05, 0.1) is 0 Å². The topological polar surface area (TPSA) is 34.0 Å². The zero-order chi connectivity index (χ0) is 14.6. The summed E-state index contributed by atoms with van der Waals surface area (Å²) in [6.45, 7) is 0.866. The lowest BCUT2D eigenvalue weighted by Gasteiger charge is -2.15. The molecule has 20 heavy (non-hydrogen) atoms. The molecule has 0 saturated heterocycles. The van der Waals surface area contributed by atoms with Crippen LogP contribution in [0.15, 0.2) is 40.5 Å². The zero-order valence-corrected chi connectivity index (χ0v) is 11.3. The number of hydrogen-bond acceptors (Lipinski definition) is 3. The highest BCUT2D eigenvalue weighted by Crippen LogP contribution is 2.27. The first-order valence-corrected chi connectivity index (χ1v) is 6.86. The Kier molecular flexibility index (Phi) is 4.61. The summed E-state index contributed by atoms with van der Waals surface area (Å²) in [5.74, 6) is 0. The molecule has 0 atom stereocenters. The van der Waals surface area contributed by atoms with Gasteiger partial charge in [-0.1, -0.05) is 12.1 Å². The molecule has 0 radical (unpaired) electrons. The highest BCUT2D eigenvalue weighted by molar-refractivity contribution is 7.09. The lowest BCUT2D eigenvalue weighted by Crippen LogP contribution is -2.31. The average molecular weight is 302 g/mol. The largest absolute Gasteiger partial charge is 0.431 e. The van der Waals surface area contributed by atoms with Gasteiger partial charge in [-0.25, -0.2) is 0 Å². The monoisotopic (exact) mass is 302 g/mol. The van der Waals surface area contributed by atoms with E-state index in [1.807, 2.05) is 17.5 Å². The third-order valence-corrected chi connectivity index (χ3v) is 3.61. The van der Waals surface area contributed by atoms with E-state index in [2.05, 4.69) is 5.32 Å². The number of rotatable bonds is 5. The fraction of sp³-hybridized carbons (Fsp3) is 0.308. The molecule has 2 heterocycles. The van der Waals surface area contributed by atoms with Crippen LogP contribution in [0.3, 0.4) is 0 Å². The SMILES string of the molecule is O=c1cccc(C(F)(F)F)n1CCNCc1cccs1. The van der Waals surface area contributed by atoms with Crippen LogP contribution in [0.1, 0.15) is 10.6 Å². The van der Waals surface area contributed by atoms with Crippen LogP contribution in [-0.4, -0.2) is 11.1 Å². The second-order valence-electron chi connectivity index (χ2n) is 4.15. The second kappa shape index (κ2) is 6.23. The fourth-order valence-electron chi connectivity index (χ4n) is 1.81. The van der Waals surface area contributed by atoms with Crippen LogP contribution in [0, 0.1) is 0 Å². The zero-order valence-electron chi connectivity index (χ0n) is 10.5. The van der Waals surface area contributed by atoms with E-state index < -0.39 is 17.4 Å². The third kappa shape index (κ3) is 3.71. The van der Waals surface area contributed by atoms with Crippen LogP contribution in [0.2, 0.25) is 0 Å². The van der Waals surface area contributed by atoms with Crippen molar-refractivity contribution >= 4 is 11.3 Å². The van der Waals surface area contributed by atoms with Gasteiger partial charge in [-0.15, -0.1) is 11.3 Å². The minimum Gasteiger partial charge on any atom is -0.310 e. The van der Waals surface area contributed by atoms with Crippen LogP contribution in [0.25, 0.3) is 0 Å². The summed E-state index contributed by atoms with van der Waals surface area (Å²) in [5, 5.41) is 4.96. The molecule has 0 saturated carbocycles.